The van der Waals surface area contributed by atoms with Crippen LogP contribution >= 0.6 is 0 Å². The monoisotopic (exact) mass is 447 g/mol. The third-order valence-electron chi connectivity index (χ3n) is 6.02. The Labute approximate surface area is 194 Å². The number of ether oxygens (including phenoxy) is 3. The summed E-state index contributed by atoms with van der Waals surface area (Å²) >= 11 is 0. The van der Waals surface area contributed by atoms with Crippen molar-refractivity contribution in [2.45, 2.75) is 13.0 Å². The number of benzene rings is 2. The quantitative estimate of drug-likeness (QED) is 0.565. The second-order valence-corrected chi connectivity index (χ2v) is 8.22. The highest BCUT2D eigenvalue weighted by Crippen LogP contribution is 2.33. The Morgan fingerprint density at radius 2 is 1.73 bits per heavy atom. The molecule has 1 aromatic heterocycles. The fraction of sp³-hybridized carbons (Fsp3) is 0.360. The van der Waals surface area contributed by atoms with Gasteiger partial charge in [-0.1, -0.05) is 18.2 Å². The number of aromatic nitrogens is 2. The second kappa shape index (κ2) is 9.95. The normalized spacial score (nSPS) is 15.5. The average Bonchev–Trinajstić information content (AvgIpc) is 3.33. The van der Waals surface area contributed by atoms with Gasteiger partial charge in [-0.3, -0.25) is 4.90 Å². The minimum Gasteiger partial charge on any atom is -0.497 e. The van der Waals surface area contributed by atoms with E-state index >= 15 is 0 Å². The smallest absolute Gasteiger partial charge is 0.231 e. The number of hydrogen-bond acceptors (Lipinski definition) is 8. The zero-order chi connectivity index (χ0) is 22.5. The van der Waals surface area contributed by atoms with E-state index in [1.54, 1.807) is 7.11 Å². The summed E-state index contributed by atoms with van der Waals surface area (Å²) in [5.74, 6) is 4.20. The molecule has 1 saturated heterocycles. The van der Waals surface area contributed by atoms with E-state index in [1.807, 2.05) is 30.5 Å². The minimum atomic E-state index is 0.312. The lowest BCUT2D eigenvalue weighted by Gasteiger charge is -2.34. The van der Waals surface area contributed by atoms with Crippen LogP contribution < -0.4 is 24.4 Å². The zero-order valence-corrected chi connectivity index (χ0v) is 18.9. The van der Waals surface area contributed by atoms with Crippen molar-refractivity contribution in [1.82, 2.24) is 14.9 Å². The van der Waals surface area contributed by atoms with Crippen molar-refractivity contribution in [3.63, 3.8) is 0 Å². The standard InChI is InChI=1S/C25H29N5O3/c1-31-21-5-2-19(3-6-21)8-10-26-24-9-11-27-25(28-24)30-14-12-29(13-15-30)17-20-4-7-22-23(16-20)33-18-32-22/h2-7,9,11,16H,8,10,12-15,17-18H2,1H3,(H,26,27,28). The molecule has 0 bridgehead atoms. The molecule has 8 nitrogen and oxygen atoms in total. The maximum Gasteiger partial charge on any atom is 0.231 e. The van der Waals surface area contributed by atoms with E-state index in [2.05, 4.69) is 44.4 Å². The molecular formula is C25H29N5O3. The topological polar surface area (TPSA) is 72.0 Å². The molecule has 0 aliphatic carbocycles. The number of anilines is 2. The molecule has 2 aromatic carbocycles. The van der Waals surface area contributed by atoms with Crippen LogP contribution in [0.4, 0.5) is 11.8 Å². The lowest BCUT2D eigenvalue weighted by molar-refractivity contribution is 0.174. The van der Waals surface area contributed by atoms with E-state index in [4.69, 9.17) is 19.2 Å². The number of methoxy groups -OCH3 is 1. The Hall–Kier alpha value is -3.52. The second-order valence-electron chi connectivity index (χ2n) is 8.22. The van der Waals surface area contributed by atoms with Crippen LogP contribution in [0.25, 0.3) is 0 Å². The van der Waals surface area contributed by atoms with Gasteiger partial charge in [-0.15, -0.1) is 0 Å². The molecule has 0 spiro atoms. The van der Waals surface area contributed by atoms with Gasteiger partial charge in [-0.2, -0.15) is 4.98 Å². The van der Waals surface area contributed by atoms with E-state index in [-0.39, 0.29) is 0 Å². The molecule has 0 atom stereocenters. The number of fused-ring (bicyclic) bond motifs is 1. The first-order chi connectivity index (χ1) is 16.3. The SMILES string of the molecule is COc1ccc(CCNc2ccnc(N3CCN(Cc4ccc5c(c4)OCO5)CC3)n2)cc1. The highest BCUT2D eigenvalue weighted by atomic mass is 16.7. The predicted molar refractivity (Wildman–Crippen MR) is 127 cm³/mol. The Morgan fingerprint density at radius 1 is 0.939 bits per heavy atom. The van der Waals surface area contributed by atoms with Crippen molar-refractivity contribution in [3.8, 4) is 17.2 Å². The summed E-state index contributed by atoms with van der Waals surface area (Å²) in [4.78, 5) is 14.0. The number of hydrogen-bond donors (Lipinski definition) is 1. The minimum absolute atomic E-state index is 0.312. The van der Waals surface area contributed by atoms with E-state index in [0.717, 1.165) is 74.7 Å². The molecule has 8 heteroatoms. The lowest BCUT2D eigenvalue weighted by atomic mass is 10.1. The van der Waals surface area contributed by atoms with Gasteiger partial charge in [0, 0.05) is 45.5 Å². The van der Waals surface area contributed by atoms with Gasteiger partial charge in [-0.05, 0) is 47.9 Å². The molecule has 1 fully saturated rings. The number of nitrogens with zero attached hydrogens (tertiary/aromatic N) is 4. The van der Waals surface area contributed by atoms with Crippen LogP contribution in [0.1, 0.15) is 11.1 Å². The van der Waals surface area contributed by atoms with Gasteiger partial charge in [0.25, 0.3) is 0 Å². The summed E-state index contributed by atoms with van der Waals surface area (Å²) in [5.41, 5.74) is 2.50. The predicted octanol–water partition coefficient (Wildman–Crippen LogP) is 3.19. The van der Waals surface area contributed by atoms with E-state index < -0.39 is 0 Å². The maximum absolute atomic E-state index is 5.50. The number of nitrogens with one attached hydrogen (secondary N) is 1. The summed E-state index contributed by atoms with van der Waals surface area (Å²) in [6.45, 7) is 5.76. The number of rotatable bonds is 8. The first kappa shape index (κ1) is 21.3. The van der Waals surface area contributed by atoms with Crippen LogP contribution in [0.3, 0.4) is 0 Å². The summed E-state index contributed by atoms with van der Waals surface area (Å²) in [5, 5.41) is 3.42. The molecule has 1 N–H and O–H groups in total. The Bertz CT molecular complexity index is 1070. The molecular weight excluding hydrogens is 418 g/mol. The molecule has 0 saturated carbocycles. The molecule has 0 radical (unpaired) electrons. The molecule has 172 valence electrons. The lowest BCUT2D eigenvalue weighted by Crippen LogP contribution is -2.46. The van der Waals surface area contributed by atoms with Gasteiger partial charge in [-0.25, -0.2) is 4.98 Å². The molecule has 2 aliphatic rings. The Kier molecular flexibility index (Phi) is 6.44. The van der Waals surface area contributed by atoms with E-state index in [9.17, 15) is 0 Å². The first-order valence-electron chi connectivity index (χ1n) is 11.3. The average molecular weight is 448 g/mol. The molecule has 33 heavy (non-hydrogen) atoms. The third kappa shape index (κ3) is 5.28. The summed E-state index contributed by atoms with van der Waals surface area (Å²) in [7, 11) is 1.68. The molecule has 2 aliphatic heterocycles. The van der Waals surface area contributed by atoms with Gasteiger partial charge in [0.15, 0.2) is 11.5 Å². The highest BCUT2D eigenvalue weighted by molar-refractivity contribution is 5.45. The maximum atomic E-state index is 5.50. The number of piperazine rings is 1. The molecule has 0 unspecified atom stereocenters. The Morgan fingerprint density at radius 3 is 2.55 bits per heavy atom. The van der Waals surface area contributed by atoms with Crippen molar-refractivity contribution in [2.75, 3.05) is 56.8 Å². The molecule has 3 heterocycles. The molecule has 0 amide bonds. The van der Waals surface area contributed by atoms with E-state index in [0.29, 0.717) is 6.79 Å². The van der Waals surface area contributed by atoms with Crippen molar-refractivity contribution >= 4 is 11.8 Å². The van der Waals surface area contributed by atoms with E-state index in [1.165, 1.54) is 11.1 Å². The van der Waals surface area contributed by atoms with Crippen LogP contribution in [0, 0.1) is 0 Å². The summed E-state index contributed by atoms with van der Waals surface area (Å²) in [6.07, 6.45) is 2.75. The van der Waals surface area contributed by atoms with Crippen LogP contribution in [-0.4, -0.2) is 61.5 Å². The van der Waals surface area contributed by atoms with Crippen molar-refractivity contribution in [2.24, 2.45) is 0 Å². The van der Waals surface area contributed by atoms with Crippen molar-refractivity contribution in [3.05, 3.63) is 65.9 Å². The van der Waals surface area contributed by atoms with Crippen LogP contribution in [-0.2, 0) is 13.0 Å². The van der Waals surface area contributed by atoms with Gasteiger partial charge in [0.1, 0.15) is 11.6 Å². The Balaban J connectivity index is 1.10. The fourth-order valence-electron chi connectivity index (χ4n) is 4.13. The zero-order valence-electron chi connectivity index (χ0n) is 18.9. The first-order valence-corrected chi connectivity index (χ1v) is 11.3. The summed E-state index contributed by atoms with van der Waals surface area (Å²) < 4.78 is 16.1. The van der Waals surface area contributed by atoms with Gasteiger partial charge in [0.05, 0.1) is 7.11 Å². The molecule has 3 aromatic rings. The van der Waals surface area contributed by atoms with Crippen molar-refractivity contribution in [1.29, 1.82) is 0 Å². The third-order valence-corrected chi connectivity index (χ3v) is 6.02. The van der Waals surface area contributed by atoms with Gasteiger partial charge < -0.3 is 24.4 Å². The molecule has 5 rings (SSSR count). The van der Waals surface area contributed by atoms with Crippen LogP contribution in [0.5, 0.6) is 17.2 Å². The fourth-order valence-corrected chi connectivity index (χ4v) is 4.13. The summed E-state index contributed by atoms with van der Waals surface area (Å²) in [6, 6.07) is 16.3. The van der Waals surface area contributed by atoms with Gasteiger partial charge in [0.2, 0.25) is 12.7 Å². The van der Waals surface area contributed by atoms with Crippen LogP contribution in [0.2, 0.25) is 0 Å². The largest absolute Gasteiger partial charge is 0.497 e. The highest BCUT2D eigenvalue weighted by Gasteiger charge is 2.20. The van der Waals surface area contributed by atoms with Crippen molar-refractivity contribution < 1.29 is 14.2 Å². The van der Waals surface area contributed by atoms with Gasteiger partial charge >= 0.3 is 0 Å². The van der Waals surface area contributed by atoms with Crippen LogP contribution in [0.15, 0.2) is 54.7 Å².